The lowest BCUT2D eigenvalue weighted by Gasteiger charge is -2.14. The smallest absolute Gasteiger partial charge is 0.339 e. The van der Waals surface area contributed by atoms with Crippen LogP contribution < -0.4 is 10.1 Å². The van der Waals surface area contributed by atoms with E-state index in [0.29, 0.717) is 22.7 Å². The highest BCUT2D eigenvalue weighted by atomic mass is 16.5. The van der Waals surface area contributed by atoms with Gasteiger partial charge in [-0.3, -0.25) is 4.79 Å². The summed E-state index contributed by atoms with van der Waals surface area (Å²) < 4.78 is 11.0. The zero-order chi connectivity index (χ0) is 20.6. The normalized spacial score (nSPS) is 11.0. The molecule has 0 aliphatic rings. The van der Waals surface area contributed by atoms with Gasteiger partial charge in [-0.2, -0.15) is 5.26 Å². The highest BCUT2D eigenvalue weighted by Crippen LogP contribution is 2.22. The lowest BCUT2D eigenvalue weighted by Crippen LogP contribution is -2.30. The first-order chi connectivity index (χ1) is 14.1. The summed E-state index contributed by atoms with van der Waals surface area (Å²) in [5, 5.41) is 11.7. The first-order valence-electron chi connectivity index (χ1n) is 8.91. The van der Waals surface area contributed by atoms with Crippen LogP contribution in [0.3, 0.4) is 0 Å². The average Bonchev–Trinajstić information content (AvgIpc) is 2.75. The lowest BCUT2D eigenvalue weighted by atomic mass is 10.2. The number of nitrogens with zero attached hydrogens (tertiary/aromatic N) is 1. The Morgan fingerprint density at radius 2 is 1.62 bits per heavy atom. The van der Waals surface area contributed by atoms with Crippen molar-refractivity contribution in [1.29, 1.82) is 5.26 Å². The number of anilines is 1. The summed E-state index contributed by atoms with van der Waals surface area (Å²) in [5.41, 5.74) is 0.946. The molecular formula is C23H18N2O4. The van der Waals surface area contributed by atoms with E-state index in [1.54, 1.807) is 60.7 Å². The van der Waals surface area contributed by atoms with Gasteiger partial charge >= 0.3 is 5.97 Å². The predicted octanol–water partition coefficient (Wildman–Crippen LogP) is 4.53. The van der Waals surface area contributed by atoms with E-state index in [4.69, 9.17) is 14.7 Å². The summed E-state index contributed by atoms with van der Waals surface area (Å²) in [6.07, 6.45) is -1.05. The van der Waals surface area contributed by atoms with E-state index < -0.39 is 18.0 Å². The van der Waals surface area contributed by atoms with Crippen molar-refractivity contribution in [1.82, 2.24) is 0 Å². The Hall–Kier alpha value is -4.11. The van der Waals surface area contributed by atoms with Gasteiger partial charge in [0, 0.05) is 0 Å². The Balaban J connectivity index is 1.64. The van der Waals surface area contributed by atoms with Crippen molar-refractivity contribution in [2.75, 3.05) is 5.32 Å². The van der Waals surface area contributed by atoms with Crippen molar-refractivity contribution in [2.24, 2.45) is 0 Å². The van der Waals surface area contributed by atoms with Gasteiger partial charge in [-0.25, -0.2) is 4.79 Å². The molecule has 0 aliphatic heterocycles. The van der Waals surface area contributed by atoms with Crippen LogP contribution in [0.5, 0.6) is 11.5 Å². The summed E-state index contributed by atoms with van der Waals surface area (Å²) in [5.74, 6) is -0.0647. The molecule has 6 heteroatoms. The van der Waals surface area contributed by atoms with E-state index in [2.05, 4.69) is 5.32 Å². The van der Waals surface area contributed by atoms with Crippen molar-refractivity contribution in [3.05, 3.63) is 90.0 Å². The summed E-state index contributed by atoms with van der Waals surface area (Å²) >= 11 is 0. The third-order valence-corrected chi connectivity index (χ3v) is 4.01. The number of esters is 1. The van der Waals surface area contributed by atoms with Crippen LogP contribution in [0.2, 0.25) is 0 Å². The summed E-state index contributed by atoms with van der Waals surface area (Å²) in [6, 6.07) is 24.3. The third-order valence-electron chi connectivity index (χ3n) is 4.01. The van der Waals surface area contributed by atoms with Gasteiger partial charge in [0.2, 0.25) is 0 Å². The Labute approximate surface area is 168 Å². The predicted molar refractivity (Wildman–Crippen MR) is 108 cm³/mol. The van der Waals surface area contributed by atoms with Crippen molar-refractivity contribution in [3.8, 4) is 17.6 Å². The third kappa shape index (κ3) is 5.21. The van der Waals surface area contributed by atoms with Gasteiger partial charge in [0.05, 0.1) is 16.8 Å². The summed E-state index contributed by atoms with van der Waals surface area (Å²) in [4.78, 5) is 24.8. The quantitative estimate of drug-likeness (QED) is 0.629. The molecule has 0 aromatic heterocycles. The molecule has 1 unspecified atom stereocenters. The molecule has 1 N–H and O–H groups in total. The van der Waals surface area contributed by atoms with Gasteiger partial charge in [-0.15, -0.1) is 0 Å². The minimum atomic E-state index is -1.05. The number of hydrogen-bond donors (Lipinski definition) is 1. The van der Waals surface area contributed by atoms with E-state index in [1.165, 1.54) is 6.92 Å². The van der Waals surface area contributed by atoms with E-state index >= 15 is 0 Å². The molecule has 29 heavy (non-hydrogen) atoms. The van der Waals surface area contributed by atoms with Crippen molar-refractivity contribution in [2.45, 2.75) is 13.0 Å². The highest BCUT2D eigenvalue weighted by molar-refractivity contribution is 5.98. The van der Waals surface area contributed by atoms with E-state index in [1.807, 2.05) is 24.3 Å². The SMILES string of the molecule is CC(OC(=O)c1cccc(Oc2ccccc2)c1)C(=O)Nc1ccccc1C#N. The molecule has 1 amide bonds. The van der Waals surface area contributed by atoms with Crippen LogP contribution >= 0.6 is 0 Å². The molecule has 1 atom stereocenters. The van der Waals surface area contributed by atoms with Crippen LogP contribution in [-0.4, -0.2) is 18.0 Å². The molecule has 0 heterocycles. The molecule has 0 spiro atoms. The van der Waals surface area contributed by atoms with Gasteiger partial charge in [-0.05, 0) is 49.4 Å². The van der Waals surface area contributed by atoms with Gasteiger partial charge < -0.3 is 14.8 Å². The first-order valence-corrected chi connectivity index (χ1v) is 8.91. The fourth-order valence-corrected chi connectivity index (χ4v) is 2.52. The van der Waals surface area contributed by atoms with Gasteiger partial charge in [-0.1, -0.05) is 36.4 Å². The largest absolute Gasteiger partial charge is 0.457 e. The van der Waals surface area contributed by atoms with Crippen LogP contribution in [-0.2, 0) is 9.53 Å². The minimum absolute atomic E-state index is 0.260. The Kier molecular flexibility index (Phi) is 6.23. The maximum atomic E-state index is 12.4. The number of nitrogens with one attached hydrogen (secondary N) is 1. The maximum absolute atomic E-state index is 12.4. The summed E-state index contributed by atoms with van der Waals surface area (Å²) in [6.45, 7) is 1.46. The second-order valence-electron chi connectivity index (χ2n) is 6.14. The molecule has 0 aliphatic carbocycles. The second kappa shape index (κ2) is 9.20. The first kappa shape index (κ1) is 19.6. The molecule has 0 saturated heterocycles. The molecule has 6 nitrogen and oxygen atoms in total. The standard InChI is InChI=1S/C23H18N2O4/c1-16(22(26)25-21-13-6-5-8-18(21)15-24)28-23(27)17-9-7-12-20(14-17)29-19-10-3-2-4-11-19/h2-14,16H,1H3,(H,25,26). The number of ether oxygens (including phenoxy) is 2. The van der Waals surface area contributed by atoms with E-state index in [9.17, 15) is 9.59 Å². The van der Waals surface area contributed by atoms with Crippen LogP contribution in [0.25, 0.3) is 0 Å². The van der Waals surface area contributed by atoms with Crippen LogP contribution in [0.1, 0.15) is 22.8 Å². The molecule has 3 rings (SSSR count). The Morgan fingerprint density at radius 1 is 0.931 bits per heavy atom. The van der Waals surface area contributed by atoms with Crippen LogP contribution in [0.4, 0.5) is 5.69 Å². The monoisotopic (exact) mass is 386 g/mol. The molecule has 3 aromatic rings. The van der Waals surface area contributed by atoms with E-state index in [0.717, 1.165) is 0 Å². The molecule has 0 fully saturated rings. The Morgan fingerprint density at radius 3 is 2.38 bits per heavy atom. The molecule has 3 aromatic carbocycles. The molecule has 0 saturated carbocycles. The fourth-order valence-electron chi connectivity index (χ4n) is 2.52. The molecular weight excluding hydrogens is 368 g/mol. The zero-order valence-corrected chi connectivity index (χ0v) is 15.7. The second-order valence-corrected chi connectivity index (χ2v) is 6.14. The van der Waals surface area contributed by atoms with E-state index in [-0.39, 0.29) is 5.56 Å². The number of amides is 1. The van der Waals surface area contributed by atoms with Gasteiger partial charge in [0.1, 0.15) is 17.6 Å². The lowest BCUT2D eigenvalue weighted by molar-refractivity contribution is -0.123. The van der Waals surface area contributed by atoms with Crippen LogP contribution in [0, 0.1) is 11.3 Å². The average molecular weight is 386 g/mol. The topological polar surface area (TPSA) is 88.4 Å². The van der Waals surface area contributed by atoms with Crippen molar-refractivity contribution >= 4 is 17.6 Å². The van der Waals surface area contributed by atoms with Gasteiger partial charge in [0.25, 0.3) is 5.91 Å². The number of carbonyl (C=O) groups is 2. The number of benzene rings is 3. The highest BCUT2D eigenvalue weighted by Gasteiger charge is 2.20. The molecule has 0 bridgehead atoms. The number of rotatable bonds is 6. The van der Waals surface area contributed by atoms with Crippen molar-refractivity contribution < 1.29 is 19.1 Å². The molecule has 0 radical (unpaired) electrons. The number of hydrogen-bond acceptors (Lipinski definition) is 5. The molecule has 144 valence electrons. The fraction of sp³-hybridized carbons (Fsp3) is 0.0870. The minimum Gasteiger partial charge on any atom is -0.457 e. The van der Waals surface area contributed by atoms with Crippen molar-refractivity contribution in [3.63, 3.8) is 0 Å². The van der Waals surface area contributed by atoms with Gasteiger partial charge in [0.15, 0.2) is 6.10 Å². The number of para-hydroxylation sites is 2. The zero-order valence-electron chi connectivity index (χ0n) is 15.7. The maximum Gasteiger partial charge on any atom is 0.339 e. The number of nitriles is 1. The Bertz CT molecular complexity index is 1060. The summed E-state index contributed by atoms with van der Waals surface area (Å²) in [7, 11) is 0. The number of carbonyl (C=O) groups excluding carboxylic acids is 2. The van der Waals surface area contributed by atoms with Crippen LogP contribution in [0.15, 0.2) is 78.9 Å².